The van der Waals surface area contributed by atoms with E-state index in [9.17, 15) is 0 Å². The molecule has 0 saturated carbocycles. The molecule has 9 aromatic carbocycles. The van der Waals surface area contributed by atoms with Crippen molar-refractivity contribution < 1.29 is 0 Å². The van der Waals surface area contributed by atoms with E-state index in [-0.39, 0.29) is 0 Å². The highest BCUT2D eigenvalue weighted by Crippen LogP contribution is 2.38. The van der Waals surface area contributed by atoms with Crippen LogP contribution in [0.5, 0.6) is 0 Å². The Hall–Kier alpha value is -9.38. The molecule has 0 atom stereocenters. The van der Waals surface area contributed by atoms with E-state index >= 15 is 0 Å². The number of benzene rings is 9. The van der Waals surface area contributed by atoms with Gasteiger partial charge in [-0.15, -0.1) is 0 Å². The first kappa shape index (κ1) is 44.8. The predicted octanol–water partition coefficient (Wildman–Crippen LogP) is 18.8. The second kappa shape index (κ2) is 18.7. The molecule has 0 aliphatic rings. The van der Waals surface area contributed by atoms with E-state index in [0.29, 0.717) is 0 Å². The number of aryl methyl sites for hydroxylation is 1. The second-order valence-corrected chi connectivity index (χ2v) is 18.5. The molecule has 0 spiro atoms. The van der Waals surface area contributed by atoms with Gasteiger partial charge in [-0.1, -0.05) is 177 Å². The first-order valence-electron chi connectivity index (χ1n) is 25.0. The van der Waals surface area contributed by atoms with Crippen molar-refractivity contribution in [2.45, 2.75) is 13.8 Å². The Labute approximate surface area is 425 Å². The van der Waals surface area contributed by atoms with Crippen molar-refractivity contribution >= 4 is 99.9 Å². The number of rotatable bonds is 9. The van der Waals surface area contributed by atoms with E-state index in [2.05, 4.69) is 282 Å². The number of allylic oxidation sites excluding steroid dienone is 6. The van der Waals surface area contributed by atoms with Crippen LogP contribution < -0.4 is 0 Å². The number of para-hydroxylation sites is 6. The predicted molar refractivity (Wildman–Crippen MR) is 316 cm³/mol. The summed E-state index contributed by atoms with van der Waals surface area (Å²) in [5.74, 6) is 0. The zero-order valence-corrected chi connectivity index (χ0v) is 41.4. The topological polar surface area (TPSA) is 19.7 Å². The molecule has 0 fully saturated rings. The Morgan fingerprint density at radius 3 is 1.40 bits per heavy atom. The van der Waals surface area contributed by atoms with Crippen LogP contribution in [0.4, 0.5) is 0 Å². The first-order chi connectivity index (χ1) is 36.0. The summed E-state index contributed by atoms with van der Waals surface area (Å²) in [4.78, 5) is 0. The van der Waals surface area contributed by atoms with Gasteiger partial charge in [0, 0.05) is 78.4 Å². The molecular formula is C69H54N4. The highest BCUT2D eigenvalue weighted by molar-refractivity contribution is 6.12. The van der Waals surface area contributed by atoms with Gasteiger partial charge in [0.15, 0.2) is 0 Å². The van der Waals surface area contributed by atoms with Crippen molar-refractivity contribution in [3.63, 3.8) is 0 Å². The Kier molecular flexibility index (Phi) is 11.5. The Balaban J connectivity index is 0.000000150. The average Bonchev–Trinajstić information content (AvgIpc) is 4.16. The average molecular weight is 939 g/mol. The molecule has 0 unspecified atom stereocenters. The van der Waals surface area contributed by atoms with Crippen LogP contribution in [0.2, 0.25) is 0 Å². The number of hydrogen-bond acceptors (Lipinski definition) is 0. The molecule has 0 aliphatic carbocycles. The zero-order valence-electron chi connectivity index (χ0n) is 41.4. The highest BCUT2D eigenvalue weighted by Gasteiger charge is 2.18. The lowest BCUT2D eigenvalue weighted by molar-refractivity contribution is 1.01. The van der Waals surface area contributed by atoms with Crippen LogP contribution in [0, 0.1) is 0 Å². The summed E-state index contributed by atoms with van der Waals surface area (Å²) < 4.78 is 9.28. The summed E-state index contributed by atoms with van der Waals surface area (Å²) in [6, 6.07) is 76.3. The zero-order chi connectivity index (χ0) is 49.6. The molecule has 4 heteroatoms. The van der Waals surface area contributed by atoms with E-state index in [0.717, 1.165) is 28.2 Å². The molecule has 4 heterocycles. The summed E-state index contributed by atoms with van der Waals surface area (Å²) in [5, 5.41) is 8.84. The van der Waals surface area contributed by atoms with Crippen molar-refractivity contribution in [2.24, 2.45) is 7.05 Å². The molecular weight excluding hydrogens is 885 g/mol. The van der Waals surface area contributed by atoms with Crippen LogP contribution in [0.3, 0.4) is 0 Å². The van der Waals surface area contributed by atoms with Gasteiger partial charge in [0.25, 0.3) is 0 Å². The fourth-order valence-electron chi connectivity index (χ4n) is 11.2. The Morgan fingerprint density at radius 1 is 0.397 bits per heavy atom. The quantitative estimate of drug-likeness (QED) is 0.129. The molecule has 73 heavy (non-hydrogen) atoms. The highest BCUT2D eigenvalue weighted by atomic mass is 15.0. The van der Waals surface area contributed by atoms with Gasteiger partial charge in [0.05, 0.1) is 33.3 Å². The van der Waals surface area contributed by atoms with Gasteiger partial charge in [0.1, 0.15) is 0 Å². The minimum Gasteiger partial charge on any atom is -0.344 e. The standard InChI is InChI=1S/C37H26N2.C32H28N2/c1-38-34-17-5-2-16-32(34)33-24-28(20-21-35(33)38)26-11-8-10-25(22-26)27-12-9-13-29(23-27)39-36-18-6-3-14-30(36)31-15-4-7-19-37(31)39;1-5-15-29-25(8-4)26-16-9-12-19-30(26)33(29)23(6-2)22-24(7-3)34-31-20-13-10-17-27(31)28-18-11-14-21-32(28)34/h2-24H,1H3;5-22H,2,4H2,1,3H3/b;15-5-,23-22+,24-7+. The lowest BCUT2D eigenvalue weighted by atomic mass is 9.97. The maximum Gasteiger partial charge on any atom is 0.0541 e. The lowest BCUT2D eigenvalue weighted by Crippen LogP contribution is -2.01. The lowest BCUT2D eigenvalue weighted by Gasteiger charge is -2.14. The van der Waals surface area contributed by atoms with Crippen LogP contribution in [0.1, 0.15) is 25.1 Å². The van der Waals surface area contributed by atoms with E-state index in [1.54, 1.807) is 0 Å². The summed E-state index contributed by atoms with van der Waals surface area (Å²) in [7, 11) is 2.15. The molecule has 13 aromatic rings. The van der Waals surface area contributed by atoms with E-state index in [4.69, 9.17) is 0 Å². The summed E-state index contributed by atoms with van der Waals surface area (Å²) >= 11 is 0. The van der Waals surface area contributed by atoms with Gasteiger partial charge in [-0.2, -0.15) is 0 Å². The van der Waals surface area contributed by atoms with Gasteiger partial charge in [0.2, 0.25) is 0 Å². The molecule has 13 rings (SSSR count). The number of hydrogen-bond donors (Lipinski definition) is 0. The van der Waals surface area contributed by atoms with Gasteiger partial charge < -0.3 is 18.3 Å². The Bertz CT molecular complexity index is 4290. The third-order valence-electron chi connectivity index (χ3n) is 14.5. The maximum absolute atomic E-state index is 4.20. The largest absolute Gasteiger partial charge is 0.344 e. The van der Waals surface area contributed by atoms with Crippen molar-refractivity contribution in [3.05, 3.63) is 261 Å². The van der Waals surface area contributed by atoms with Crippen LogP contribution in [0.25, 0.3) is 128 Å². The number of nitrogens with zero attached hydrogens (tertiary/aromatic N) is 4. The van der Waals surface area contributed by atoms with Gasteiger partial charge in [-0.25, -0.2) is 0 Å². The smallest absolute Gasteiger partial charge is 0.0541 e. The molecule has 0 aliphatic heterocycles. The minimum absolute atomic E-state index is 1.01. The monoisotopic (exact) mass is 938 g/mol. The number of fused-ring (bicyclic) bond motifs is 10. The van der Waals surface area contributed by atoms with Crippen molar-refractivity contribution in [2.75, 3.05) is 0 Å². The van der Waals surface area contributed by atoms with Crippen molar-refractivity contribution in [1.29, 1.82) is 0 Å². The van der Waals surface area contributed by atoms with Crippen LogP contribution in [0.15, 0.2) is 250 Å². The summed E-state index contributed by atoms with van der Waals surface area (Å²) in [6.07, 6.45) is 12.5. The van der Waals surface area contributed by atoms with E-state index < -0.39 is 0 Å². The van der Waals surface area contributed by atoms with E-state index in [1.165, 1.54) is 98.7 Å². The first-order valence-corrected chi connectivity index (χ1v) is 25.0. The molecule has 0 amide bonds. The van der Waals surface area contributed by atoms with E-state index in [1.807, 2.05) is 19.1 Å². The molecule has 350 valence electrons. The fourth-order valence-corrected chi connectivity index (χ4v) is 11.2. The molecule has 0 radical (unpaired) electrons. The van der Waals surface area contributed by atoms with Crippen molar-refractivity contribution in [1.82, 2.24) is 18.3 Å². The minimum atomic E-state index is 1.01. The SMILES string of the molecule is C=C/C(=C\C(=C/C)n1c2ccccc2c2ccccc21)n1c(/C=C\C)c(C=C)c2ccccc21.Cn1c2ccccc2c2cc(-c3cccc(-c4cccc(-n5c6ccccc6c6ccccc65)c4)c3)ccc21. The molecule has 0 N–H and O–H groups in total. The van der Waals surface area contributed by atoms with Crippen LogP contribution >= 0.6 is 0 Å². The molecule has 4 aromatic heterocycles. The van der Waals surface area contributed by atoms with Crippen LogP contribution in [-0.2, 0) is 7.05 Å². The van der Waals surface area contributed by atoms with Gasteiger partial charge >= 0.3 is 0 Å². The molecule has 4 nitrogen and oxygen atoms in total. The third kappa shape index (κ3) is 7.55. The molecule has 0 bridgehead atoms. The number of aromatic nitrogens is 4. The van der Waals surface area contributed by atoms with Gasteiger partial charge in [-0.05, 0) is 121 Å². The molecule has 0 saturated heterocycles. The fraction of sp³-hybridized carbons (Fsp3) is 0.0435. The van der Waals surface area contributed by atoms with Crippen molar-refractivity contribution in [3.8, 4) is 27.9 Å². The maximum atomic E-state index is 4.20. The second-order valence-electron chi connectivity index (χ2n) is 18.5. The Morgan fingerprint density at radius 2 is 0.849 bits per heavy atom. The summed E-state index contributed by atoms with van der Waals surface area (Å²) in [5.41, 5.74) is 18.9. The summed E-state index contributed by atoms with van der Waals surface area (Å²) in [6.45, 7) is 12.4. The van der Waals surface area contributed by atoms with Gasteiger partial charge in [-0.3, -0.25) is 0 Å². The van der Waals surface area contributed by atoms with Crippen LogP contribution in [-0.4, -0.2) is 18.3 Å². The normalized spacial score (nSPS) is 12.3. The third-order valence-corrected chi connectivity index (χ3v) is 14.5.